The molecule has 0 N–H and O–H groups in total. The number of alkyl halides is 6. The van der Waals surface area contributed by atoms with Crippen molar-refractivity contribution in [3.05, 3.63) is 12.3 Å². The number of carbonyl (C=O) groups is 1. The number of carboxylic acid groups (broad SMARTS) is 1. The van der Waals surface area contributed by atoms with Crippen LogP contribution in [0.15, 0.2) is 12.3 Å². The van der Waals surface area contributed by atoms with E-state index in [2.05, 4.69) is 4.74 Å². The minimum absolute atomic E-state index is 0.235. The number of rotatable bonds is 2. The highest BCUT2D eigenvalue weighted by Gasteiger charge is 2.54. The Morgan fingerprint density at radius 1 is 1.13 bits per heavy atom. The number of hydrogen-bond acceptors (Lipinski definition) is 3. The van der Waals surface area contributed by atoms with Crippen molar-refractivity contribution in [3.8, 4) is 0 Å². The van der Waals surface area contributed by atoms with Gasteiger partial charge in [-0.2, -0.15) is 26.3 Å². The molecule has 0 aromatic carbocycles. The van der Waals surface area contributed by atoms with Crippen molar-refractivity contribution < 1.29 is 41.0 Å². The second-order valence-corrected chi connectivity index (χ2v) is 2.26. The van der Waals surface area contributed by atoms with Crippen LogP contribution in [0.2, 0.25) is 0 Å². The van der Waals surface area contributed by atoms with Crippen LogP contribution in [0.4, 0.5) is 31.1 Å². The molecule has 0 unspecified atom stereocenters. The highest BCUT2D eigenvalue weighted by molar-refractivity contribution is 5.54. The van der Waals surface area contributed by atoms with Gasteiger partial charge in [-0.25, -0.2) is 0 Å². The minimum atomic E-state index is -5.57. The van der Waals surface area contributed by atoms with Crippen LogP contribution in [0.5, 0.6) is 0 Å². The third-order valence-corrected chi connectivity index (χ3v) is 1.14. The Bertz CT molecular complexity index is 239. The van der Waals surface area contributed by atoms with Gasteiger partial charge in [0.25, 0.3) is 6.16 Å². The van der Waals surface area contributed by atoms with Crippen LogP contribution >= 0.6 is 0 Å². The first-order valence-corrected chi connectivity index (χ1v) is 3.23. The monoisotopic (exact) mass is 237 g/mol. The van der Waals surface area contributed by atoms with Gasteiger partial charge >= 0.3 is 12.4 Å². The Hall–Kier alpha value is -1.41. The van der Waals surface area contributed by atoms with E-state index < -0.39 is 30.5 Å². The van der Waals surface area contributed by atoms with Gasteiger partial charge in [0.15, 0.2) is 5.92 Å². The number of ether oxygens (including phenoxy) is 1. The van der Waals surface area contributed by atoms with Crippen LogP contribution in [0, 0.1) is 5.92 Å². The zero-order valence-corrected chi connectivity index (χ0v) is 6.72. The Kier molecular flexibility index (Phi) is 3.99. The molecule has 0 aliphatic carbocycles. The van der Waals surface area contributed by atoms with Crippen LogP contribution in [0.25, 0.3) is 0 Å². The van der Waals surface area contributed by atoms with Gasteiger partial charge in [0, 0.05) is 6.26 Å². The molecule has 0 saturated heterocycles. The Balaban J connectivity index is 4.69. The van der Waals surface area contributed by atoms with E-state index in [1.807, 2.05) is 0 Å². The number of carbonyl (C=O) groups excluding carboxylic acids is 1. The first-order chi connectivity index (χ1) is 6.55. The molecule has 9 heteroatoms. The zero-order valence-electron chi connectivity index (χ0n) is 6.72. The maximum atomic E-state index is 11.8. The minimum Gasteiger partial charge on any atom is -0.522 e. The molecule has 0 spiro atoms. The SMILES string of the molecule is O=C([O-])OC=CC(C(F)(F)F)C(F)(F)F. The molecule has 0 rings (SSSR count). The molecule has 0 fully saturated rings. The Morgan fingerprint density at radius 3 is 1.80 bits per heavy atom. The van der Waals surface area contributed by atoms with Crippen molar-refractivity contribution in [2.45, 2.75) is 12.4 Å². The summed E-state index contributed by atoms with van der Waals surface area (Å²) >= 11 is 0. The predicted molar refractivity (Wildman–Crippen MR) is 31.2 cm³/mol. The van der Waals surface area contributed by atoms with E-state index in [0.29, 0.717) is 0 Å². The van der Waals surface area contributed by atoms with Crippen LogP contribution in [0.3, 0.4) is 0 Å². The molecule has 0 saturated carbocycles. The first kappa shape index (κ1) is 13.6. The van der Waals surface area contributed by atoms with Crippen molar-refractivity contribution in [2.24, 2.45) is 5.92 Å². The fourth-order valence-electron chi connectivity index (χ4n) is 0.577. The smallest absolute Gasteiger partial charge is 0.403 e. The average Bonchev–Trinajstić information content (AvgIpc) is 1.92. The second-order valence-electron chi connectivity index (χ2n) is 2.26. The molecule has 0 atom stereocenters. The van der Waals surface area contributed by atoms with E-state index in [1.165, 1.54) is 0 Å². The molecule has 0 heterocycles. The summed E-state index contributed by atoms with van der Waals surface area (Å²) in [7, 11) is 0. The molecule has 0 amide bonds. The van der Waals surface area contributed by atoms with Gasteiger partial charge in [-0.1, -0.05) is 0 Å². The zero-order chi connectivity index (χ0) is 12.3. The van der Waals surface area contributed by atoms with Crippen LogP contribution in [0.1, 0.15) is 0 Å². The average molecular weight is 237 g/mol. The van der Waals surface area contributed by atoms with E-state index in [1.54, 1.807) is 0 Å². The van der Waals surface area contributed by atoms with Crippen LogP contribution < -0.4 is 5.11 Å². The molecule has 0 aromatic rings. The first-order valence-electron chi connectivity index (χ1n) is 3.23. The molecule has 3 nitrogen and oxygen atoms in total. The van der Waals surface area contributed by atoms with Crippen molar-refractivity contribution >= 4 is 6.16 Å². The van der Waals surface area contributed by atoms with E-state index in [9.17, 15) is 36.2 Å². The van der Waals surface area contributed by atoms with E-state index >= 15 is 0 Å². The molecule has 15 heavy (non-hydrogen) atoms. The third-order valence-electron chi connectivity index (χ3n) is 1.14. The standard InChI is InChI=1S/C6H4F6O3/c7-5(8,9)3(6(10,11)12)1-2-15-4(13)14/h1-3H,(H,13,14)/p-1. The molecule has 0 bridgehead atoms. The molecule has 0 aliphatic rings. The lowest BCUT2D eigenvalue weighted by Gasteiger charge is -2.19. The summed E-state index contributed by atoms with van der Waals surface area (Å²) in [6.07, 6.45) is -14.1. The molecular formula is C6H3F6O3-. The van der Waals surface area contributed by atoms with Gasteiger partial charge in [-0.15, -0.1) is 0 Å². The summed E-state index contributed by atoms with van der Waals surface area (Å²) in [5.74, 6) is -3.77. The Labute approximate surface area is 78.9 Å². The highest BCUT2D eigenvalue weighted by Crippen LogP contribution is 2.39. The second kappa shape index (κ2) is 4.41. The maximum absolute atomic E-state index is 11.8. The number of halogens is 6. The summed E-state index contributed by atoms with van der Waals surface area (Å²) in [5, 5.41) is 9.53. The van der Waals surface area contributed by atoms with E-state index in [4.69, 9.17) is 0 Å². The van der Waals surface area contributed by atoms with Crippen molar-refractivity contribution in [1.82, 2.24) is 0 Å². The quantitative estimate of drug-likeness (QED) is 0.416. The van der Waals surface area contributed by atoms with Gasteiger partial charge in [-0.3, -0.25) is 0 Å². The fourth-order valence-corrected chi connectivity index (χ4v) is 0.577. The van der Waals surface area contributed by atoms with Crippen molar-refractivity contribution in [3.63, 3.8) is 0 Å². The van der Waals surface area contributed by atoms with Gasteiger partial charge < -0.3 is 14.6 Å². The third kappa shape index (κ3) is 5.13. The maximum Gasteiger partial charge on any atom is 0.403 e. The highest BCUT2D eigenvalue weighted by atomic mass is 19.4. The lowest BCUT2D eigenvalue weighted by atomic mass is 10.1. The van der Waals surface area contributed by atoms with Crippen LogP contribution in [-0.2, 0) is 4.74 Å². The summed E-state index contributed by atoms with van der Waals surface area (Å²) in [6, 6.07) is 0. The fraction of sp³-hybridized carbons (Fsp3) is 0.500. The normalized spacial score (nSPS) is 13.5. The van der Waals surface area contributed by atoms with E-state index in [-0.39, 0.29) is 6.26 Å². The van der Waals surface area contributed by atoms with E-state index in [0.717, 1.165) is 0 Å². The largest absolute Gasteiger partial charge is 0.522 e. The molecule has 0 aromatic heterocycles. The number of allylic oxidation sites excluding steroid dienone is 1. The predicted octanol–water partition coefficient (Wildman–Crippen LogP) is 1.60. The molecule has 0 aliphatic heterocycles. The molecule has 88 valence electrons. The topological polar surface area (TPSA) is 49.4 Å². The summed E-state index contributed by atoms with van der Waals surface area (Å²) in [6.45, 7) is 0. The summed E-state index contributed by atoms with van der Waals surface area (Å²) < 4.78 is 73.8. The molecular weight excluding hydrogens is 234 g/mol. The summed E-state index contributed by atoms with van der Waals surface area (Å²) in [5.41, 5.74) is 0. The summed E-state index contributed by atoms with van der Waals surface area (Å²) in [4.78, 5) is 9.53. The van der Waals surface area contributed by atoms with Crippen LogP contribution in [-0.4, -0.2) is 18.5 Å². The van der Waals surface area contributed by atoms with Gasteiger partial charge in [0.05, 0.1) is 0 Å². The Morgan fingerprint density at radius 2 is 1.53 bits per heavy atom. The lowest BCUT2D eigenvalue weighted by Crippen LogP contribution is -2.35. The van der Waals surface area contributed by atoms with Gasteiger partial charge in [0.2, 0.25) is 0 Å². The van der Waals surface area contributed by atoms with Crippen molar-refractivity contribution in [1.29, 1.82) is 0 Å². The molecule has 0 radical (unpaired) electrons. The lowest BCUT2D eigenvalue weighted by molar-refractivity contribution is -0.278. The number of hydrogen-bond donors (Lipinski definition) is 0. The van der Waals surface area contributed by atoms with Gasteiger partial charge in [0.1, 0.15) is 0 Å². The van der Waals surface area contributed by atoms with Gasteiger partial charge in [-0.05, 0) is 6.08 Å². The van der Waals surface area contributed by atoms with Crippen molar-refractivity contribution in [2.75, 3.05) is 0 Å².